The maximum absolute atomic E-state index is 13.0. The lowest BCUT2D eigenvalue weighted by Gasteiger charge is -2.10. The van der Waals surface area contributed by atoms with E-state index in [2.05, 4.69) is 4.98 Å². The zero-order chi connectivity index (χ0) is 21.3. The molecule has 30 heavy (non-hydrogen) atoms. The van der Waals surface area contributed by atoms with Crippen molar-refractivity contribution in [1.82, 2.24) is 4.98 Å². The number of benzene rings is 3. The number of carboxylic acids is 1. The number of aromatic nitrogens is 1. The Morgan fingerprint density at radius 3 is 1.87 bits per heavy atom. The Morgan fingerprint density at radius 2 is 1.30 bits per heavy atom. The van der Waals surface area contributed by atoms with E-state index in [1.165, 1.54) is 42.5 Å². The van der Waals surface area contributed by atoms with Crippen LogP contribution in [-0.4, -0.2) is 21.2 Å². The molecule has 4 aromatic rings. The summed E-state index contributed by atoms with van der Waals surface area (Å²) in [7, 11) is 0. The molecule has 150 valence electrons. The number of rotatable bonds is 5. The van der Waals surface area contributed by atoms with Crippen molar-refractivity contribution in [3.63, 3.8) is 0 Å². The molecule has 0 atom stereocenters. The van der Waals surface area contributed by atoms with Gasteiger partial charge in [-0.25, -0.2) is 9.18 Å². The van der Waals surface area contributed by atoms with E-state index in [4.69, 9.17) is 14.6 Å². The number of ether oxygens (including phenoxy) is 2. The first-order valence-corrected chi connectivity index (χ1v) is 8.74. The average Bonchev–Trinajstić information content (AvgIpc) is 2.73. The van der Waals surface area contributed by atoms with E-state index >= 15 is 0 Å². The molecule has 1 heterocycles. The van der Waals surface area contributed by atoms with Crippen molar-refractivity contribution in [3.8, 4) is 28.7 Å². The van der Waals surface area contributed by atoms with Crippen LogP contribution in [0.1, 0.15) is 10.5 Å². The summed E-state index contributed by atoms with van der Waals surface area (Å²) < 4.78 is 24.3. The number of aromatic carboxylic acids is 1. The number of aromatic amines is 1. The van der Waals surface area contributed by atoms with Gasteiger partial charge < -0.3 is 24.7 Å². The molecule has 0 fully saturated rings. The van der Waals surface area contributed by atoms with Gasteiger partial charge in [-0.3, -0.25) is 4.79 Å². The summed E-state index contributed by atoms with van der Waals surface area (Å²) in [5.41, 5.74) is -1.23. The highest BCUT2D eigenvalue weighted by Crippen LogP contribution is 2.31. The molecular weight excluding hydrogens is 393 g/mol. The fraction of sp³-hybridized carbons (Fsp3) is 0. The van der Waals surface area contributed by atoms with Gasteiger partial charge in [-0.1, -0.05) is 0 Å². The van der Waals surface area contributed by atoms with Gasteiger partial charge in [0, 0.05) is 5.39 Å². The Bertz CT molecular complexity index is 1300. The molecular formula is C22H14FNO6. The third-order valence-electron chi connectivity index (χ3n) is 4.29. The first-order chi connectivity index (χ1) is 14.4. The number of H-pyrrole nitrogens is 1. The maximum atomic E-state index is 13.0. The van der Waals surface area contributed by atoms with E-state index in [0.717, 1.165) is 0 Å². The van der Waals surface area contributed by atoms with Crippen molar-refractivity contribution in [2.45, 2.75) is 0 Å². The van der Waals surface area contributed by atoms with E-state index in [-0.39, 0.29) is 16.6 Å². The molecule has 0 aliphatic heterocycles. The molecule has 0 spiro atoms. The number of nitrogens with one attached hydrogen (secondary N) is 1. The van der Waals surface area contributed by atoms with E-state index < -0.39 is 23.0 Å². The highest BCUT2D eigenvalue weighted by molar-refractivity contribution is 5.98. The standard InChI is InChI=1S/C22H14FNO6/c23-12-1-3-13(4-2-12)29-14-5-7-15(8-6-14)30-16-9-10-17-18(11-16)21(26)24-19(20(17)25)22(27)28/h1-11,25H,(H,24,26)(H,27,28). The molecule has 7 nitrogen and oxygen atoms in total. The zero-order valence-electron chi connectivity index (χ0n) is 15.3. The number of pyridine rings is 1. The summed E-state index contributed by atoms with van der Waals surface area (Å²) >= 11 is 0. The number of halogens is 1. The smallest absolute Gasteiger partial charge is 0.356 e. The largest absolute Gasteiger partial charge is 0.505 e. The summed E-state index contributed by atoms with van der Waals surface area (Å²) in [6.45, 7) is 0. The molecule has 4 rings (SSSR count). The molecule has 0 unspecified atom stereocenters. The highest BCUT2D eigenvalue weighted by Gasteiger charge is 2.16. The van der Waals surface area contributed by atoms with Crippen molar-refractivity contribution >= 4 is 16.7 Å². The average molecular weight is 407 g/mol. The number of hydrogen-bond acceptors (Lipinski definition) is 5. The monoisotopic (exact) mass is 407 g/mol. The summed E-state index contributed by atoms with van der Waals surface area (Å²) in [6, 6.07) is 16.6. The molecule has 0 aliphatic rings. The minimum atomic E-state index is -1.44. The summed E-state index contributed by atoms with van der Waals surface area (Å²) in [4.78, 5) is 25.4. The quantitative estimate of drug-likeness (QED) is 0.444. The molecule has 0 saturated carbocycles. The molecule has 0 aliphatic carbocycles. The topological polar surface area (TPSA) is 109 Å². The molecule has 0 bridgehead atoms. The van der Waals surface area contributed by atoms with Crippen LogP contribution in [0, 0.1) is 5.82 Å². The molecule has 0 amide bonds. The molecule has 0 saturated heterocycles. The lowest BCUT2D eigenvalue weighted by Crippen LogP contribution is -2.13. The van der Waals surface area contributed by atoms with Crippen molar-refractivity contribution < 1.29 is 28.9 Å². The number of hydrogen-bond donors (Lipinski definition) is 3. The van der Waals surface area contributed by atoms with Crippen LogP contribution in [0.5, 0.6) is 28.7 Å². The fourth-order valence-corrected chi connectivity index (χ4v) is 2.86. The Hall–Kier alpha value is -4.33. The molecule has 1 aromatic heterocycles. The van der Waals surface area contributed by atoms with E-state index in [1.54, 1.807) is 24.3 Å². The van der Waals surface area contributed by atoms with Gasteiger partial charge in [-0.2, -0.15) is 0 Å². The van der Waals surface area contributed by atoms with Gasteiger partial charge in [-0.05, 0) is 66.7 Å². The van der Waals surface area contributed by atoms with Gasteiger partial charge in [-0.15, -0.1) is 0 Å². The van der Waals surface area contributed by atoms with Crippen molar-refractivity contribution in [2.24, 2.45) is 0 Å². The number of carbonyl (C=O) groups is 1. The van der Waals surface area contributed by atoms with Crippen LogP contribution in [0.3, 0.4) is 0 Å². The van der Waals surface area contributed by atoms with Crippen LogP contribution < -0.4 is 15.0 Å². The van der Waals surface area contributed by atoms with Crippen LogP contribution in [0.15, 0.2) is 71.5 Å². The second-order valence-electron chi connectivity index (χ2n) is 6.32. The van der Waals surface area contributed by atoms with Gasteiger partial charge in [0.25, 0.3) is 5.56 Å². The highest BCUT2D eigenvalue weighted by atomic mass is 19.1. The normalized spacial score (nSPS) is 10.7. The third-order valence-corrected chi connectivity index (χ3v) is 4.29. The molecule has 0 radical (unpaired) electrons. The van der Waals surface area contributed by atoms with Gasteiger partial charge >= 0.3 is 5.97 Å². The van der Waals surface area contributed by atoms with Crippen molar-refractivity contribution in [1.29, 1.82) is 0 Å². The maximum Gasteiger partial charge on any atom is 0.356 e. The number of fused-ring (bicyclic) bond motifs is 1. The molecule has 3 aromatic carbocycles. The van der Waals surface area contributed by atoms with Crippen LogP contribution in [-0.2, 0) is 0 Å². The third kappa shape index (κ3) is 3.79. The van der Waals surface area contributed by atoms with Crippen molar-refractivity contribution in [2.75, 3.05) is 0 Å². The van der Waals surface area contributed by atoms with Crippen LogP contribution in [0.2, 0.25) is 0 Å². The number of carboxylic acid groups (broad SMARTS) is 1. The first kappa shape index (κ1) is 19.0. The summed E-state index contributed by atoms with van der Waals surface area (Å²) in [6.07, 6.45) is 0. The van der Waals surface area contributed by atoms with E-state index in [9.17, 15) is 19.1 Å². The fourth-order valence-electron chi connectivity index (χ4n) is 2.86. The van der Waals surface area contributed by atoms with E-state index in [0.29, 0.717) is 23.0 Å². The Balaban J connectivity index is 1.56. The van der Waals surface area contributed by atoms with Gasteiger partial charge in [0.15, 0.2) is 11.4 Å². The van der Waals surface area contributed by atoms with Gasteiger partial charge in [0.2, 0.25) is 0 Å². The Morgan fingerprint density at radius 1 is 0.800 bits per heavy atom. The van der Waals surface area contributed by atoms with E-state index in [1.807, 2.05) is 0 Å². The lowest BCUT2D eigenvalue weighted by molar-refractivity contribution is 0.0687. The second kappa shape index (κ2) is 7.59. The number of aromatic hydroxyl groups is 1. The summed E-state index contributed by atoms with van der Waals surface area (Å²) in [5.74, 6) is -0.519. The van der Waals surface area contributed by atoms with Gasteiger partial charge in [0.05, 0.1) is 5.39 Å². The zero-order valence-corrected chi connectivity index (χ0v) is 15.3. The summed E-state index contributed by atoms with van der Waals surface area (Å²) in [5, 5.41) is 19.3. The molecule has 8 heteroatoms. The minimum absolute atomic E-state index is 0.0891. The minimum Gasteiger partial charge on any atom is -0.505 e. The van der Waals surface area contributed by atoms with Gasteiger partial charge in [0.1, 0.15) is 28.8 Å². The van der Waals surface area contributed by atoms with Crippen molar-refractivity contribution in [3.05, 3.63) is 88.6 Å². The second-order valence-corrected chi connectivity index (χ2v) is 6.32. The predicted octanol–water partition coefficient (Wildman–Crippen LogP) is 4.66. The predicted molar refractivity (Wildman–Crippen MR) is 106 cm³/mol. The Labute approximate surface area is 168 Å². The lowest BCUT2D eigenvalue weighted by atomic mass is 10.1. The first-order valence-electron chi connectivity index (χ1n) is 8.74. The van der Waals surface area contributed by atoms with Crippen LogP contribution >= 0.6 is 0 Å². The Kier molecular flexibility index (Phi) is 4.81. The van der Waals surface area contributed by atoms with Crippen LogP contribution in [0.4, 0.5) is 4.39 Å². The van der Waals surface area contributed by atoms with Crippen LogP contribution in [0.25, 0.3) is 10.8 Å². The molecule has 3 N–H and O–H groups in total. The SMILES string of the molecule is O=C(O)c1[nH]c(=O)c2cc(Oc3ccc(Oc4ccc(F)cc4)cc3)ccc2c1O.